The Morgan fingerprint density at radius 1 is 0.917 bits per heavy atom. The fourth-order valence-corrected chi connectivity index (χ4v) is 3.30. The predicted molar refractivity (Wildman–Crippen MR) is 95.4 cm³/mol. The minimum Gasteiger partial charge on any atom is -0.368 e. The molecule has 1 fully saturated rings. The number of hydrogen-bond acceptors (Lipinski definition) is 4. The van der Waals surface area contributed by atoms with Gasteiger partial charge in [-0.05, 0) is 36.4 Å². The maximum absolute atomic E-state index is 13.6. The standard InChI is InChI=1S/C18H16ClFN4/c19-13-2-1-3-15(10-13)23-6-8-24(9-7-23)18-16-11-14(20)4-5-17(16)21-12-22-18/h1-5,10-12H,6-9H2. The van der Waals surface area contributed by atoms with Crippen molar-refractivity contribution in [2.24, 2.45) is 0 Å². The van der Waals surface area contributed by atoms with E-state index in [1.54, 1.807) is 12.4 Å². The summed E-state index contributed by atoms with van der Waals surface area (Å²) < 4.78 is 13.6. The zero-order chi connectivity index (χ0) is 16.5. The van der Waals surface area contributed by atoms with Gasteiger partial charge in [0.25, 0.3) is 0 Å². The van der Waals surface area contributed by atoms with Crippen molar-refractivity contribution < 1.29 is 4.39 Å². The lowest BCUT2D eigenvalue weighted by Gasteiger charge is -2.37. The van der Waals surface area contributed by atoms with Crippen LogP contribution in [0.3, 0.4) is 0 Å². The van der Waals surface area contributed by atoms with E-state index in [0.29, 0.717) is 0 Å². The number of halogens is 2. The molecule has 0 spiro atoms. The Labute approximate surface area is 144 Å². The molecule has 0 atom stereocenters. The van der Waals surface area contributed by atoms with E-state index < -0.39 is 0 Å². The van der Waals surface area contributed by atoms with E-state index in [0.717, 1.165) is 53.6 Å². The highest BCUT2D eigenvalue weighted by molar-refractivity contribution is 6.30. The number of aromatic nitrogens is 2. The molecule has 2 heterocycles. The summed E-state index contributed by atoms with van der Waals surface area (Å²) in [5.41, 5.74) is 1.89. The highest BCUT2D eigenvalue weighted by Gasteiger charge is 2.20. The Morgan fingerprint density at radius 3 is 2.50 bits per heavy atom. The van der Waals surface area contributed by atoms with Crippen LogP contribution in [0, 0.1) is 5.82 Å². The molecule has 24 heavy (non-hydrogen) atoms. The molecule has 0 aliphatic carbocycles. The average Bonchev–Trinajstić information content (AvgIpc) is 2.61. The van der Waals surface area contributed by atoms with Crippen LogP contribution in [0.5, 0.6) is 0 Å². The molecule has 4 rings (SSSR count). The van der Waals surface area contributed by atoms with Crippen LogP contribution in [-0.2, 0) is 0 Å². The second-order valence-electron chi connectivity index (χ2n) is 5.81. The Balaban J connectivity index is 1.57. The maximum atomic E-state index is 13.6. The number of anilines is 2. The topological polar surface area (TPSA) is 32.3 Å². The summed E-state index contributed by atoms with van der Waals surface area (Å²) in [6, 6.07) is 12.5. The first-order chi connectivity index (χ1) is 11.7. The molecule has 1 aliphatic rings. The quantitative estimate of drug-likeness (QED) is 0.710. The summed E-state index contributed by atoms with van der Waals surface area (Å²) in [5.74, 6) is 0.529. The van der Waals surface area contributed by atoms with Gasteiger partial charge in [-0.3, -0.25) is 0 Å². The van der Waals surface area contributed by atoms with Crippen LogP contribution < -0.4 is 9.80 Å². The number of nitrogens with zero attached hydrogens (tertiary/aromatic N) is 4. The van der Waals surface area contributed by atoms with Crippen molar-refractivity contribution in [3.05, 3.63) is 59.6 Å². The van der Waals surface area contributed by atoms with Crippen molar-refractivity contribution in [2.75, 3.05) is 36.0 Å². The molecule has 1 aromatic heterocycles. The van der Waals surface area contributed by atoms with Gasteiger partial charge < -0.3 is 9.80 Å². The molecular weight excluding hydrogens is 327 g/mol. The molecule has 0 unspecified atom stereocenters. The molecule has 4 nitrogen and oxygen atoms in total. The lowest BCUT2D eigenvalue weighted by Crippen LogP contribution is -2.46. The molecule has 0 N–H and O–H groups in total. The van der Waals surface area contributed by atoms with Crippen molar-refractivity contribution in [3.63, 3.8) is 0 Å². The van der Waals surface area contributed by atoms with Gasteiger partial charge in [-0.25, -0.2) is 14.4 Å². The first-order valence-electron chi connectivity index (χ1n) is 7.86. The number of fused-ring (bicyclic) bond motifs is 1. The second kappa shape index (κ2) is 6.24. The monoisotopic (exact) mass is 342 g/mol. The van der Waals surface area contributed by atoms with E-state index in [4.69, 9.17) is 11.6 Å². The predicted octanol–water partition coefficient (Wildman–Crippen LogP) is 3.75. The van der Waals surface area contributed by atoms with Gasteiger partial charge in [0, 0.05) is 42.3 Å². The van der Waals surface area contributed by atoms with Crippen LogP contribution in [0.4, 0.5) is 15.9 Å². The largest absolute Gasteiger partial charge is 0.368 e. The van der Waals surface area contributed by atoms with Crippen molar-refractivity contribution in [1.29, 1.82) is 0 Å². The molecule has 1 saturated heterocycles. The van der Waals surface area contributed by atoms with Crippen LogP contribution in [0.25, 0.3) is 10.9 Å². The van der Waals surface area contributed by atoms with Gasteiger partial charge in [0.2, 0.25) is 0 Å². The normalized spacial score (nSPS) is 15.1. The Kier molecular flexibility index (Phi) is 3.94. The van der Waals surface area contributed by atoms with Gasteiger partial charge in [-0.15, -0.1) is 0 Å². The SMILES string of the molecule is Fc1ccc2ncnc(N3CCN(c4cccc(Cl)c4)CC3)c2c1. The molecule has 6 heteroatoms. The van der Waals surface area contributed by atoms with E-state index in [9.17, 15) is 4.39 Å². The minimum atomic E-state index is -0.267. The van der Waals surface area contributed by atoms with Gasteiger partial charge >= 0.3 is 0 Å². The lowest BCUT2D eigenvalue weighted by molar-refractivity contribution is 0.628. The zero-order valence-electron chi connectivity index (χ0n) is 13.0. The average molecular weight is 343 g/mol. The fourth-order valence-electron chi connectivity index (χ4n) is 3.12. The first kappa shape index (κ1) is 15.1. The van der Waals surface area contributed by atoms with Gasteiger partial charge in [0.05, 0.1) is 5.52 Å². The van der Waals surface area contributed by atoms with Crippen molar-refractivity contribution in [1.82, 2.24) is 9.97 Å². The molecule has 0 saturated carbocycles. The van der Waals surface area contributed by atoms with E-state index in [2.05, 4.69) is 25.8 Å². The highest BCUT2D eigenvalue weighted by atomic mass is 35.5. The minimum absolute atomic E-state index is 0.267. The van der Waals surface area contributed by atoms with E-state index in [-0.39, 0.29) is 5.82 Å². The molecule has 3 aromatic rings. The Morgan fingerprint density at radius 2 is 1.71 bits per heavy atom. The lowest BCUT2D eigenvalue weighted by atomic mass is 10.2. The number of hydrogen-bond donors (Lipinski definition) is 0. The molecule has 0 amide bonds. The summed E-state index contributed by atoms with van der Waals surface area (Å²) >= 11 is 6.08. The summed E-state index contributed by atoms with van der Waals surface area (Å²) in [5, 5.41) is 1.50. The molecular formula is C18H16ClFN4. The zero-order valence-corrected chi connectivity index (χ0v) is 13.7. The molecule has 0 bridgehead atoms. The number of rotatable bonds is 2. The van der Waals surface area contributed by atoms with Crippen molar-refractivity contribution >= 4 is 34.0 Å². The third kappa shape index (κ3) is 2.87. The number of piperazine rings is 1. The molecule has 2 aromatic carbocycles. The third-order valence-electron chi connectivity index (χ3n) is 4.33. The van der Waals surface area contributed by atoms with Gasteiger partial charge in [0.15, 0.2) is 0 Å². The molecule has 122 valence electrons. The van der Waals surface area contributed by atoms with Crippen molar-refractivity contribution in [3.8, 4) is 0 Å². The first-order valence-corrected chi connectivity index (χ1v) is 8.24. The van der Waals surface area contributed by atoms with E-state index >= 15 is 0 Å². The fraction of sp³-hybridized carbons (Fsp3) is 0.222. The Hall–Kier alpha value is -2.40. The molecule has 1 aliphatic heterocycles. The number of benzene rings is 2. The smallest absolute Gasteiger partial charge is 0.140 e. The van der Waals surface area contributed by atoms with Crippen LogP contribution in [0.1, 0.15) is 0 Å². The Bertz CT molecular complexity index is 878. The van der Waals surface area contributed by atoms with Crippen LogP contribution in [-0.4, -0.2) is 36.1 Å². The highest BCUT2D eigenvalue weighted by Crippen LogP contribution is 2.26. The van der Waals surface area contributed by atoms with E-state index in [1.807, 2.05) is 18.2 Å². The summed E-state index contributed by atoms with van der Waals surface area (Å²) in [6.45, 7) is 3.35. The maximum Gasteiger partial charge on any atom is 0.140 e. The van der Waals surface area contributed by atoms with Gasteiger partial charge in [0.1, 0.15) is 18.0 Å². The molecule has 0 radical (unpaired) electrons. The second-order valence-corrected chi connectivity index (χ2v) is 6.25. The summed E-state index contributed by atoms with van der Waals surface area (Å²) in [4.78, 5) is 13.1. The van der Waals surface area contributed by atoms with Gasteiger partial charge in [-0.2, -0.15) is 0 Å². The van der Waals surface area contributed by atoms with Crippen LogP contribution in [0.15, 0.2) is 48.8 Å². The van der Waals surface area contributed by atoms with Crippen LogP contribution in [0.2, 0.25) is 5.02 Å². The van der Waals surface area contributed by atoms with Crippen molar-refractivity contribution in [2.45, 2.75) is 0 Å². The third-order valence-corrected chi connectivity index (χ3v) is 4.56. The summed E-state index contributed by atoms with van der Waals surface area (Å²) in [6.07, 6.45) is 1.54. The van der Waals surface area contributed by atoms with E-state index in [1.165, 1.54) is 12.1 Å². The van der Waals surface area contributed by atoms with Crippen LogP contribution >= 0.6 is 11.6 Å². The van der Waals surface area contributed by atoms with Gasteiger partial charge in [-0.1, -0.05) is 17.7 Å². The summed E-state index contributed by atoms with van der Waals surface area (Å²) in [7, 11) is 0.